The molecule has 0 aromatic heterocycles. The first-order valence-corrected chi connectivity index (χ1v) is 8.05. The van der Waals surface area contributed by atoms with Crippen molar-refractivity contribution < 1.29 is 9.50 Å². The maximum Gasteiger partial charge on any atom is 0.123 e. The van der Waals surface area contributed by atoms with Gasteiger partial charge in [0.2, 0.25) is 0 Å². The van der Waals surface area contributed by atoms with Gasteiger partial charge in [-0.2, -0.15) is 0 Å². The molecule has 1 aromatic rings. The minimum atomic E-state index is -0.212. The molecule has 1 aliphatic carbocycles. The summed E-state index contributed by atoms with van der Waals surface area (Å²) in [6, 6.07) is 7.32. The predicted molar refractivity (Wildman–Crippen MR) is 83.5 cm³/mol. The molecule has 1 saturated carbocycles. The summed E-state index contributed by atoms with van der Waals surface area (Å²) in [5.74, 6) is -0.212. The third kappa shape index (κ3) is 4.02. The number of rotatable bonds is 8. The molecule has 118 valence electrons. The van der Waals surface area contributed by atoms with E-state index in [-0.39, 0.29) is 24.5 Å². The van der Waals surface area contributed by atoms with Gasteiger partial charge in [-0.3, -0.25) is 4.90 Å². The Labute approximate surface area is 126 Å². The van der Waals surface area contributed by atoms with Gasteiger partial charge in [-0.25, -0.2) is 4.39 Å². The second kappa shape index (κ2) is 7.87. The Morgan fingerprint density at radius 1 is 1.43 bits per heavy atom. The summed E-state index contributed by atoms with van der Waals surface area (Å²) in [5.41, 5.74) is 7.31. The molecule has 0 bridgehead atoms. The maximum absolute atomic E-state index is 13.6. The van der Waals surface area contributed by atoms with Gasteiger partial charge in [-0.05, 0) is 43.4 Å². The van der Waals surface area contributed by atoms with Crippen molar-refractivity contribution in [2.75, 3.05) is 13.2 Å². The van der Waals surface area contributed by atoms with Gasteiger partial charge in [0.25, 0.3) is 0 Å². The number of aliphatic hydroxyl groups is 1. The topological polar surface area (TPSA) is 49.5 Å². The lowest BCUT2D eigenvalue weighted by atomic mass is 9.86. The fraction of sp³-hybridized carbons (Fsp3) is 0.647. The van der Waals surface area contributed by atoms with Crippen LogP contribution in [0.15, 0.2) is 24.3 Å². The van der Waals surface area contributed by atoms with E-state index in [1.807, 2.05) is 6.07 Å². The lowest BCUT2D eigenvalue weighted by Crippen LogP contribution is -2.49. The molecule has 0 amide bonds. The largest absolute Gasteiger partial charge is 0.396 e. The van der Waals surface area contributed by atoms with E-state index >= 15 is 0 Å². The molecule has 1 aliphatic rings. The van der Waals surface area contributed by atoms with Gasteiger partial charge in [0.1, 0.15) is 5.82 Å². The minimum Gasteiger partial charge on any atom is -0.396 e. The predicted octanol–water partition coefficient (Wildman–Crippen LogP) is 2.84. The molecule has 3 N–H and O–H groups in total. The van der Waals surface area contributed by atoms with Crippen molar-refractivity contribution in [3.8, 4) is 0 Å². The summed E-state index contributed by atoms with van der Waals surface area (Å²) in [7, 11) is 0. The summed E-state index contributed by atoms with van der Waals surface area (Å²) >= 11 is 0. The number of nitrogens with zero attached hydrogens (tertiary/aromatic N) is 1. The van der Waals surface area contributed by atoms with Crippen LogP contribution >= 0.6 is 0 Å². The monoisotopic (exact) mass is 294 g/mol. The Kier molecular flexibility index (Phi) is 6.15. The Bertz CT molecular complexity index is 437. The van der Waals surface area contributed by atoms with E-state index in [4.69, 9.17) is 10.8 Å². The zero-order valence-corrected chi connectivity index (χ0v) is 12.8. The Morgan fingerprint density at radius 2 is 2.19 bits per heavy atom. The first-order chi connectivity index (χ1) is 10.2. The fourth-order valence-corrected chi connectivity index (χ4v) is 3.12. The highest BCUT2D eigenvalue weighted by molar-refractivity contribution is 5.22. The van der Waals surface area contributed by atoms with Crippen LogP contribution in [0.3, 0.4) is 0 Å². The third-order valence-corrected chi connectivity index (χ3v) is 4.54. The third-order valence-electron chi connectivity index (χ3n) is 4.54. The fourth-order valence-electron chi connectivity index (χ4n) is 3.12. The second-order valence-corrected chi connectivity index (χ2v) is 5.97. The van der Waals surface area contributed by atoms with Crippen LogP contribution in [0.1, 0.15) is 50.6 Å². The molecular formula is C17H27FN2O. The van der Waals surface area contributed by atoms with Crippen molar-refractivity contribution in [2.24, 2.45) is 5.73 Å². The summed E-state index contributed by atoms with van der Waals surface area (Å²) in [4.78, 5) is 2.39. The van der Waals surface area contributed by atoms with E-state index < -0.39 is 0 Å². The van der Waals surface area contributed by atoms with E-state index in [2.05, 4.69) is 11.8 Å². The van der Waals surface area contributed by atoms with Crippen LogP contribution in [0.4, 0.5) is 4.39 Å². The second-order valence-electron chi connectivity index (χ2n) is 5.97. The van der Waals surface area contributed by atoms with E-state index in [9.17, 15) is 4.39 Å². The van der Waals surface area contributed by atoms with Crippen molar-refractivity contribution >= 4 is 0 Å². The molecule has 0 radical (unpaired) electrons. The Morgan fingerprint density at radius 3 is 2.71 bits per heavy atom. The number of benzene rings is 1. The molecule has 0 aliphatic heterocycles. The van der Waals surface area contributed by atoms with Crippen LogP contribution in [-0.2, 0) is 0 Å². The molecule has 1 fully saturated rings. The Hall–Kier alpha value is -0.970. The van der Waals surface area contributed by atoms with Crippen molar-refractivity contribution in [1.82, 2.24) is 4.90 Å². The van der Waals surface area contributed by atoms with Crippen molar-refractivity contribution in [3.05, 3.63) is 35.6 Å². The quantitative estimate of drug-likeness (QED) is 0.775. The minimum absolute atomic E-state index is 0.0221. The zero-order valence-electron chi connectivity index (χ0n) is 12.8. The van der Waals surface area contributed by atoms with Gasteiger partial charge in [-0.15, -0.1) is 0 Å². The average molecular weight is 294 g/mol. The first-order valence-electron chi connectivity index (χ1n) is 8.05. The van der Waals surface area contributed by atoms with Crippen molar-refractivity contribution in [2.45, 2.75) is 57.2 Å². The molecule has 3 nitrogen and oxygen atoms in total. The van der Waals surface area contributed by atoms with E-state index in [0.29, 0.717) is 6.04 Å². The first kappa shape index (κ1) is 16.4. The standard InChI is InChI=1S/C17H27FN2O/c1-2-16(19)17(13-6-3-7-14(18)12-13)20(10-5-11-21)15-8-4-9-15/h3,6-7,12,15-17,21H,2,4-5,8-11,19H2,1H3. The van der Waals surface area contributed by atoms with Crippen molar-refractivity contribution in [3.63, 3.8) is 0 Å². The molecular weight excluding hydrogens is 267 g/mol. The highest BCUT2D eigenvalue weighted by Gasteiger charge is 2.33. The molecule has 0 saturated heterocycles. The number of hydrogen-bond donors (Lipinski definition) is 2. The van der Waals surface area contributed by atoms with Crippen LogP contribution in [0.25, 0.3) is 0 Å². The summed E-state index contributed by atoms with van der Waals surface area (Å²) in [6.45, 7) is 3.07. The van der Waals surface area contributed by atoms with E-state index in [1.54, 1.807) is 12.1 Å². The molecule has 0 heterocycles. The smallest absolute Gasteiger partial charge is 0.123 e. The highest BCUT2D eigenvalue weighted by Crippen LogP contribution is 2.34. The molecule has 0 spiro atoms. The molecule has 1 aromatic carbocycles. The van der Waals surface area contributed by atoms with Gasteiger partial charge in [0.05, 0.1) is 6.04 Å². The lowest BCUT2D eigenvalue weighted by molar-refractivity contribution is 0.0578. The van der Waals surface area contributed by atoms with Crippen LogP contribution < -0.4 is 5.73 Å². The zero-order chi connectivity index (χ0) is 15.2. The van der Waals surface area contributed by atoms with Gasteiger partial charge < -0.3 is 10.8 Å². The van der Waals surface area contributed by atoms with Crippen LogP contribution in [0.2, 0.25) is 0 Å². The highest BCUT2D eigenvalue weighted by atomic mass is 19.1. The van der Waals surface area contributed by atoms with E-state index in [1.165, 1.54) is 25.3 Å². The van der Waals surface area contributed by atoms with Gasteiger partial charge in [-0.1, -0.05) is 25.5 Å². The Balaban J connectivity index is 2.26. The van der Waals surface area contributed by atoms with E-state index in [0.717, 1.165) is 24.9 Å². The molecule has 2 unspecified atom stereocenters. The average Bonchev–Trinajstić information content (AvgIpc) is 2.42. The number of nitrogens with two attached hydrogens (primary N) is 1. The van der Waals surface area contributed by atoms with Gasteiger partial charge in [0.15, 0.2) is 0 Å². The molecule has 2 atom stereocenters. The molecule has 4 heteroatoms. The SMILES string of the molecule is CCC(N)C(c1cccc(F)c1)N(CCCO)C1CCC1. The molecule has 2 rings (SSSR count). The molecule has 21 heavy (non-hydrogen) atoms. The normalized spacial score (nSPS) is 18.5. The lowest BCUT2D eigenvalue weighted by Gasteiger charge is -2.45. The number of aliphatic hydroxyl groups excluding tert-OH is 1. The van der Waals surface area contributed by atoms with Gasteiger partial charge in [0, 0.05) is 25.2 Å². The summed E-state index contributed by atoms with van der Waals surface area (Å²) < 4.78 is 13.6. The van der Waals surface area contributed by atoms with Crippen LogP contribution in [0, 0.1) is 5.82 Å². The van der Waals surface area contributed by atoms with Crippen LogP contribution in [-0.4, -0.2) is 35.2 Å². The number of hydrogen-bond acceptors (Lipinski definition) is 3. The maximum atomic E-state index is 13.6. The van der Waals surface area contributed by atoms with Crippen LogP contribution in [0.5, 0.6) is 0 Å². The summed E-state index contributed by atoms with van der Waals surface area (Å²) in [5, 5.41) is 9.16. The number of halogens is 1. The van der Waals surface area contributed by atoms with Crippen molar-refractivity contribution in [1.29, 1.82) is 0 Å². The van der Waals surface area contributed by atoms with Gasteiger partial charge >= 0.3 is 0 Å². The summed E-state index contributed by atoms with van der Waals surface area (Å²) in [6.07, 6.45) is 5.18.